The first kappa shape index (κ1) is 28.7. The van der Waals surface area contributed by atoms with Gasteiger partial charge >= 0.3 is 21.7 Å². The quantitative estimate of drug-likeness (QED) is 0.344. The minimum atomic E-state index is 0. The van der Waals surface area contributed by atoms with Crippen LogP contribution in [0.3, 0.4) is 0 Å². The van der Waals surface area contributed by atoms with E-state index in [4.69, 9.17) is 0 Å². The van der Waals surface area contributed by atoms with Gasteiger partial charge in [0.05, 0.1) is 0 Å². The molecule has 3 rings (SSSR count). The average Bonchev–Trinajstić information content (AvgIpc) is 2.97. The Balaban J connectivity index is 0. The molecule has 0 N–H and O–H groups in total. The zero-order valence-electron chi connectivity index (χ0n) is 16.2. The van der Waals surface area contributed by atoms with E-state index in [1.54, 1.807) is 0 Å². The molecule has 0 amide bonds. The number of benzene rings is 2. The molecule has 0 saturated heterocycles. The normalized spacial score (nSPS) is 12.2. The number of rotatable bonds is 4. The van der Waals surface area contributed by atoms with Crippen molar-refractivity contribution in [2.45, 2.75) is 40.0 Å². The van der Waals surface area contributed by atoms with Crippen LogP contribution < -0.4 is 37.2 Å². The maximum absolute atomic E-state index is 3.51. The van der Waals surface area contributed by atoms with E-state index in [1.165, 1.54) is 33.4 Å². The van der Waals surface area contributed by atoms with Gasteiger partial charge in [0.2, 0.25) is 0 Å². The average molecular weight is 456 g/mol. The molecule has 2 aromatic carbocycles. The maximum Gasteiger partial charge on any atom is 4.00 e. The Bertz CT molecular complexity index is 733. The largest absolute Gasteiger partial charge is 4.00 e. The molecule has 1 aliphatic rings. The summed E-state index contributed by atoms with van der Waals surface area (Å²) in [7, 11) is 0. The fraction of sp³-hybridized carbons (Fsp3) is 0.304. The van der Waals surface area contributed by atoms with E-state index in [1.807, 2.05) is 0 Å². The molecular weight excluding hydrogens is 430 g/mol. The number of hydrogen-bond donors (Lipinski definition) is 0. The topological polar surface area (TPSA) is 0 Å². The van der Waals surface area contributed by atoms with Crippen LogP contribution in [-0.2, 0) is 21.7 Å². The molecule has 0 atom stereocenters. The summed E-state index contributed by atoms with van der Waals surface area (Å²) < 4.78 is 0. The monoisotopic (exact) mass is 454 g/mol. The Kier molecular flexibility index (Phi) is 13.7. The van der Waals surface area contributed by atoms with Crippen molar-refractivity contribution in [3.8, 4) is 0 Å². The minimum Gasteiger partial charge on any atom is -1.00 e. The molecule has 142 valence electrons. The zero-order valence-corrected chi connectivity index (χ0v) is 20.0. The van der Waals surface area contributed by atoms with Crippen molar-refractivity contribution in [3.05, 3.63) is 94.1 Å². The van der Waals surface area contributed by atoms with E-state index < -0.39 is 0 Å². The standard InChI is InChI=1S/C23H25.3ClH.Ti/c1-16(2)21-12-7-13-22(21)23(19-10-5-8-17(3)14-19)20-11-6-9-18(4)15-20;;;;/h5-11,14-16,23H,13H2,1-4H3;3*1H;/q-1;;;;+4/p-3. The first-order chi connectivity index (χ1) is 11.1. The third-order valence-electron chi connectivity index (χ3n) is 4.60. The second kappa shape index (κ2) is 12.9. The summed E-state index contributed by atoms with van der Waals surface area (Å²) in [5, 5.41) is 0. The number of allylic oxidation sites excluding steroid dienone is 4. The van der Waals surface area contributed by atoms with Gasteiger partial charge in [0, 0.05) is 0 Å². The van der Waals surface area contributed by atoms with Crippen LogP contribution in [0.5, 0.6) is 0 Å². The zero-order chi connectivity index (χ0) is 16.4. The summed E-state index contributed by atoms with van der Waals surface area (Å²) in [5.74, 6) is 0.847. The molecule has 1 aliphatic carbocycles. The predicted molar refractivity (Wildman–Crippen MR) is 98.5 cm³/mol. The molecule has 0 unspecified atom stereocenters. The first-order valence-corrected chi connectivity index (χ1v) is 8.50. The predicted octanol–water partition coefficient (Wildman–Crippen LogP) is -2.84. The van der Waals surface area contributed by atoms with Gasteiger partial charge in [0.15, 0.2) is 0 Å². The molecule has 0 fully saturated rings. The summed E-state index contributed by atoms with van der Waals surface area (Å²) >= 11 is 0. The van der Waals surface area contributed by atoms with Crippen LogP contribution in [0, 0.1) is 25.8 Å². The molecule has 0 aliphatic heterocycles. The van der Waals surface area contributed by atoms with Crippen LogP contribution in [0.4, 0.5) is 0 Å². The van der Waals surface area contributed by atoms with Crippen LogP contribution >= 0.6 is 0 Å². The third kappa shape index (κ3) is 6.80. The van der Waals surface area contributed by atoms with Gasteiger partial charge in [-0.05, 0) is 19.8 Å². The van der Waals surface area contributed by atoms with Crippen molar-refractivity contribution < 1.29 is 58.9 Å². The first-order valence-electron chi connectivity index (χ1n) is 8.50. The van der Waals surface area contributed by atoms with Gasteiger partial charge in [0.1, 0.15) is 0 Å². The molecule has 0 radical (unpaired) electrons. The van der Waals surface area contributed by atoms with Crippen molar-refractivity contribution in [3.63, 3.8) is 0 Å². The molecule has 0 bridgehead atoms. The molecule has 0 nitrogen and oxygen atoms in total. The van der Waals surface area contributed by atoms with Crippen molar-refractivity contribution in [1.29, 1.82) is 0 Å². The van der Waals surface area contributed by atoms with Gasteiger partial charge in [0.25, 0.3) is 0 Å². The molecule has 27 heavy (non-hydrogen) atoms. The summed E-state index contributed by atoms with van der Waals surface area (Å²) in [5.41, 5.74) is 8.32. The SMILES string of the molecule is Cc1cccc(C(C2=C(C(C)C)[C-]=CC2)c2cccc(C)c2)c1.[Cl-].[Cl-].[Cl-].[Ti+4]. The van der Waals surface area contributed by atoms with E-state index in [0.717, 1.165) is 6.42 Å². The molecule has 0 heterocycles. The van der Waals surface area contributed by atoms with Gasteiger partial charge in [-0.25, -0.2) is 5.57 Å². The van der Waals surface area contributed by atoms with Gasteiger partial charge in [-0.2, -0.15) is 11.6 Å². The van der Waals surface area contributed by atoms with Crippen LogP contribution in [0.2, 0.25) is 0 Å². The second-order valence-electron chi connectivity index (χ2n) is 6.91. The van der Waals surface area contributed by atoms with Gasteiger partial charge in [-0.3, -0.25) is 6.08 Å². The molecule has 0 spiro atoms. The molecular formula is C23H25Cl3Ti. The Morgan fingerprint density at radius 2 is 1.30 bits per heavy atom. The Morgan fingerprint density at radius 3 is 1.70 bits per heavy atom. The van der Waals surface area contributed by atoms with Crippen molar-refractivity contribution in [2.75, 3.05) is 0 Å². The van der Waals surface area contributed by atoms with E-state index in [0.29, 0.717) is 11.8 Å². The number of halogens is 3. The van der Waals surface area contributed by atoms with E-state index >= 15 is 0 Å². The van der Waals surface area contributed by atoms with Crippen molar-refractivity contribution in [1.82, 2.24) is 0 Å². The smallest absolute Gasteiger partial charge is 1.00 e. The van der Waals surface area contributed by atoms with E-state index in [9.17, 15) is 0 Å². The molecule has 4 heteroatoms. The second-order valence-corrected chi connectivity index (χ2v) is 6.91. The molecule has 2 aromatic rings. The number of hydrogen-bond acceptors (Lipinski definition) is 0. The fourth-order valence-corrected chi connectivity index (χ4v) is 3.58. The molecule has 0 aromatic heterocycles. The van der Waals surface area contributed by atoms with Crippen LogP contribution in [0.25, 0.3) is 0 Å². The summed E-state index contributed by atoms with van der Waals surface area (Å²) in [6.07, 6.45) is 6.72. The fourth-order valence-electron chi connectivity index (χ4n) is 3.58. The van der Waals surface area contributed by atoms with Gasteiger partial charge < -0.3 is 37.2 Å². The van der Waals surface area contributed by atoms with Crippen LogP contribution in [0.15, 0.2) is 65.8 Å². The Morgan fingerprint density at radius 1 is 0.815 bits per heavy atom. The van der Waals surface area contributed by atoms with Gasteiger partial charge in [-0.15, -0.1) is 0 Å². The maximum atomic E-state index is 3.51. The minimum absolute atomic E-state index is 0. The van der Waals surface area contributed by atoms with Crippen LogP contribution in [0.1, 0.15) is 48.4 Å². The van der Waals surface area contributed by atoms with Crippen molar-refractivity contribution >= 4 is 0 Å². The van der Waals surface area contributed by atoms with Gasteiger partial charge in [-0.1, -0.05) is 97.0 Å². The summed E-state index contributed by atoms with van der Waals surface area (Å²) in [6.45, 7) is 8.89. The van der Waals surface area contributed by atoms with E-state index in [2.05, 4.69) is 88.4 Å². The number of aryl methyl sites for hydroxylation is 2. The Labute approximate surface area is 198 Å². The van der Waals surface area contributed by atoms with Crippen molar-refractivity contribution in [2.24, 2.45) is 5.92 Å². The Hall–Kier alpha value is -0.496. The van der Waals surface area contributed by atoms with E-state index in [-0.39, 0.29) is 58.9 Å². The van der Waals surface area contributed by atoms with Crippen LogP contribution in [-0.4, -0.2) is 0 Å². The third-order valence-corrected chi connectivity index (χ3v) is 4.60. The summed E-state index contributed by atoms with van der Waals surface area (Å²) in [4.78, 5) is 0. The molecule has 0 saturated carbocycles. The summed E-state index contributed by atoms with van der Waals surface area (Å²) in [6, 6.07) is 17.9.